The van der Waals surface area contributed by atoms with Crippen LogP contribution in [-0.2, 0) is 6.61 Å². The van der Waals surface area contributed by atoms with Gasteiger partial charge in [0.2, 0.25) is 0 Å². The van der Waals surface area contributed by atoms with Gasteiger partial charge in [0.1, 0.15) is 23.9 Å². The van der Waals surface area contributed by atoms with E-state index in [0.29, 0.717) is 17.1 Å². The van der Waals surface area contributed by atoms with Crippen LogP contribution in [0.1, 0.15) is 33.3 Å². The molecule has 0 radical (unpaired) electrons. The van der Waals surface area contributed by atoms with Crippen molar-refractivity contribution in [2.24, 2.45) is 5.10 Å². The molecule has 0 saturated carbocycles. The molecule has 2 heterocycles. The Morgan fingerprint density at radius 1 is 1.09 bits per heavy atom. The summed E-state index contributed by atoms with van der Waals surface area (Å²) in [6.45, 7) is 4.32. The first-order chi connectivity index (χ1) is 15.9. The van der Waals surface area contributed by atoms with Gasteiger partial charge in [-0.1, -0.05) is 11.6 Å². The number of ether oxygens (including phenoxy) is 1. The van der Waals surface area contributed by atoms with Crippen molar-refractivity contribution in [3.8, 4) is 17.2 Å². The zero-order valence-electron chi connectivity index (χ0n) is 18.1. The molecule has 0 bridgehead atoms. The lowest BCUT2D eigenvalue weighted by Gasteiger charge is -2.10. The van der Waals surface area contributed by atoms with Crippen molar-refractivity contribution < 1.29 is 19.1 Å². The summed E-state index contributed by atoms with van der Waals surface area (Å²) in [6.07, 6.45) is 1.41. The predicted octanol–water partition coefficient (Wildman–Crippen LogP) is 5.39. The number of halogens is 1. The minimum absolute atomic E-state index is 0.0229. The second-order valence-corrected chi connectivity index (χ2v) is 7.82. The first-order valence-corrected chi connectivity index (χ1v) is 10.6. The molecular formula is C25H22ClN3O4. The molecular weight excluding hydrogens is 442 g/mol. The van der Waals surface area contributed by atoms with E-state index in [2.05, 4.69) is 41.1 Å². The Balaban J connectivity index is 1.31. The number of furan rings is 1. The molecule has 7 nitrogen and oxygen atoms in total. The fourth-order valence-corrected chi connectivity index (χ4v) is 3.51. The number of phenols is 1. The van der Waals surface area contributed by atoms with E-state index in [1.165, 1.54) is 29.7 Å². The number of rotatable bonds is 7. The minimum atomic E-state index is -0.496. The highest BCUT2D eigenvalue weighted by molar-refractivity contribution is 6.32. The summed E-state index contributed by atoms with van der Waals surface area (Å²) in [5.41, 5.74) is 6.41. The molecule has 0 atom stereocenters. The molecule has 0 fully saturated rings. The Bertz CT molecular complexity index is 1290. The molecule has 0 aliphatic heterocycles. The van der Waals surface area contributed by atoms with Gasteiger partial charge in [-0.05, 0) is 86.1 Å². The van der Waals surface area contributed by atoms with Crippen LogP contribution in [0.5, 0.6) is 11.5 Å². The number of hydrazone groups is 1. The van der Waals surface area contributed by atoms with Gasteiger partial charge in [-0.15, -0.1) is 0 Å². The number of phenolic OH excluding ortho intramolecular Hbond substituents is 1. The summed E-state index contributed by atoms with van der Waals surface area (Å²) in [5, 5.41) is 13.5. The van der Waals surface area contributed by atoms with Crippen molar-refractivity contribution in [3.63, 3.8) is 0 Å². The van der Waals surface area contributed by atoms with E-state index < -0.39 is 5.91 Å². The van der Waals surface area contributed by atoms with Gasteiger partial charge in [-0.3, -0.25) is 4.79 Å². The second-order valence-electron chi connectivity index (χ2n) is 7.41. The Morgan fingerprint density at radius 2 is 1.82 bits per heavy atom. The smallest absolute Gasteiger partial charge is 0.307 e. The second kappa shape index (κ2) is 9.67. The van der Waals surface area contributed by atoms with Crippen LogP contribution in [0, 0.1) is 13.8 Å². The number of nitrogens with zero attached hydrogens (tertiary/aromatic N) is 2. The van der Waals surface area contributed by atoms with Crippen LogP contribution in [0.25, 0.3) is 5.69 Å². The highest BCUT2D eigenvalue weighted by atomic mass is 35.5. The summed E-state index contributed by atoms with van der Waals surface area (Å²) in [5.74, 6) is 0.800. The first-order valence-electron chi connectivity index (χ1n) is 10.2. The van der Waals surface area contributed by atoms with Gasteiger partial charge in [0.15, 0.2) is 5.76 Å². The van der Waals surface area contributed by atoms with Crippen LogP contribution in [0.4, 0.5) is 0 Å². The molecule has 168 valence electrons. The molecule has 0 aliphatic carbocycles. The summed E-state index contributed by atoms with van der Waals surface area (Å²) >= 11 is 5.84. The van der Waals surface area contributed by atoms with Gasteiger partial charge in [0.25, 0.3) is 0 Å². The Morgan fingerprint density at radius 3 is 2.52 bits per heavy atom. The number of benzene rings is 2. The van der Waals surface area contributed by atoms with Crippen molar-refractivity contribution in [2.75, 3.05) is 0 Å². The van der Waals surface area contributed by atoms with E-state index in [1.54, 1.807) is 18.2 Å². The first kappa shape index (κ1) is 22.2. The van der Waals surface area contributed by atoms with Crippen LogP contribution < -0.4 is 10.2 Å². The fraction of sp³-hybridized carbons (Fsp3) is 0.120. The molecule has 0 unspecified atom stereocenters. The van der Waals surface area contributed by atoms with Crippen LogP contribution >= 0.6 is 11.6 Å². The summed E-state index contributed by atoms with van der Waals surface area (Å²) in [7, 11) is 0. The predicted molar refractivity (Wildman–Crippen MR) is 126 cm³/mol. The van der Waals surface area contributed by atoms with Crippen molar-refractivity contribution in [2.45, 2.75) is 20.5 Å². The lowest BCUT2D eigenvalue weighted by molar-refractivity contribution is 0.0923. The number of nitrogens with one attached hydrogen (secondary N) is 1. The maximum absolute atomic E-state index is 12.2. The topological polar surface area (TPSA) is 89.0 Å². The van der Waals surface area contributed by atoms with Crippen LogP contribution in [0.3, 0.4) is 0 Å². The number of carbonyl (C=O) groups excluding carboxylic acids is 1. The van der Waals surface area contributed by atoms with Gasteiger partial charge in [-0.25, -0.2) is 5.43 Å². The number of aromatic nitrogens is 1. The van der Waals surface area contributed by atoms with E-state index in [-0.39, 0.29) is 23.1 Å². The summed E-state index contributed by atoms with van der Waals surface area (Å²) in [4.78, 5) is 12.2. The van der Waals surface area contributed by atoms with Crippen molar-refractivity contribution in [1.29, 1.82) is 0 Å². The zero-order valence-corrected chi connectivity index (χ0v) is 18.8. The van der Waals surface area contributed by atoms with Crippen molar-refractivity contribution >= 4 is 23.7 Å². The number of hydrogen-bond donors (Lipinski definition) is 2. The third-order valence-electron chi connectivity index (χ3n) is 4.98. The summed E-state index contributed by atoms with van der Waals surface area (Å²) in [6, 6.07) is 19.8. The number of aromatic hydroxyl groups is 1. The fourth-order valence-electron chi connectivity index (χ4n) is 3.32. The number of amides is 1. The average Bonchev–Trinajstić information content (AvgIpc) is 3.41. The van der Waals surface area contributed by atoms with Gasteiger partial charge in [-0.2, -0.15) is 5.10 Å². The lowest BCUT2D eigenvalue weighted by Crippen LogP contribution is -2.16. The maximum Gasteiger partial charge on any atom is 0.307 e. The highest BCUT2D eigenvalue weighted by Gasteiger charge is 2.11. The molecule has 2 aromatic heterocycles. The number of carbonyl (C=O) groups is 1. The zero-order chi connectivity index (χ0) is 23.4. The van der Waals surface area contributed by atoms with E-state index in [4.69, 9.17) is 20.8 Å². The van der Waals surface area contributed by atoms with E-state index >= 15 is 0 Å². The van der Waals surface area contributed by atoms with E-state index in [0.717, 1.165) is 5.69 Å². The average molecular weight is 464 g/mol. The molecule has 0 saturated heterocycles. The molecule has 0 aliphatic rings. The maximum atomic E-state index is 12.2. The lowest BCUT2D eigenvalue weighted by atomic mass is 10.2. The Kier molecular flexibility index (Phi) is 6.51. The molecule has 4 rings (SSSR count). The van der Waals surface area contributed by atoms with Crippen LogP contribution in [0.2, 0.25) is 5.02 Å². The molecule has 1 amide bonds. The Hall–Kier alpha value is -3.97. The van der Waals surface area contributed by atoms with Gasteiger partial charge in [0, 0.05) is 17.1 Å². The molecule has 4 aromatic rings. The van der Waals surface area contributed by atoms with Gasteiger partial charge in [0.05, 0.1) is 11.2 Å². The quantitative estimate of drug-likeness (QED) is 0.284. The Labute approximate surface area is 195 Å². The molecule has 2 aromatic carbocycles. The molecule has 33 heavy (non-hydrogen) atoms. The van der Waals surface area contributed by atoms with Crippen LogP contribution in [-0.4, -0.2) is 21.8 Å². The van der Waals surface area contributed by atoms with Crippen molar-refractivity contribution in [1.82, 2.24) is 9.99 Å². The van der Waals surface area contributed by atoms with E-state index in [9.17, 15) is 9.90 Å². The van der Waals surface area contributed by atoms with Gasteiger partial charge < -0.3 is 18.8 Å². The summed E-state index contributed by atoms with van der Waals surface area (Å²) < 4.78 is 13.5. The van der Waals surface area contributed by atoms with Crippen molar-refractivity contribution in [3.05, 3.63) is 100 Å². The number of aryl methyl sites for hydroxylation is 2. The highest BCUT2D eigenvalue weighted by Crippen LogP contribution is 2.23. The molecule has 2 N–H and O–H groups in total. The normalized spacial score (nSPS) is 11.1. The monoisotopic (exact) mass is 463 g/mol. The van der Waals surface area contributed by atoms with Gasteiger partial charge >= 0.3 is 5.91 Å². The number of hydrogen-bond acceptors (Lipinski definition) is 5. The standard InChI is InChI=1S/C25H22ClN3O4/c1-16-3-4-17(2)29(16)19-6-8-20(9-7-19)32-15-21-10-12-24(33-21)25(31)28-27-14-18-5-11-23(30)22(26)13-18/h3-14,30H,15H2,1-2H3,(H,28,31)/b27-14+. The molecule has 8 heteroatoms. The third kappa shape index (κ3) is 5.27. The third-order valence-corrected chi connectivity index (χ3v) is 5.29. The van der Waals surface area contributed by atoms with Crippen LogP contribution in [0.15, 0.2) is 76.2 Å². The molecule has 0 spiro atoms. The van der Waals surface area contributed by atoms with E-state index in [1.807, 2.05) is 24.3 Å². The SMILES string of the molecule is Cc1ccc(C)n1-c1ccc(OCc2ccc(C(=O)N/N=C/c3ccc(O)c(Cl)c3)o2)cc1. The largest absolute Gasteiger partial charge is 0.506 e. The minimum Gasteiger partial charge on any atom is -0.506 e.